The number of rotatable bonds is 6. The fourth-order valence-corrected chi connectivity index (χ4v) is 2.97. The van der Waals surface area contributed by atoms with Gasteiger partial charge in [0.05, 0.1) is 12.1 Å². The first-order valence-corrected chi connectivity index (χ1v) is 8.44. The molecule has 0 bridgehead atoms. The number of methoxy groups -OCH3 is 1. The number of hydrogen-bond donors (Lipinski definition) is 2. The molecule has 6 heteroatoms. The molecule has 1 saturated heterocycles. The average molecular weight is 447 g/mol. The summed E-state index contributed by atoms with van der Waals surface area (Å²) >= 11 is 0. The van der Waals surface area contributed by atoms with Crippen LogP contribution < -0.4 is 11.1 Å². The molecule has 24 heavy (non-hydrogen) atoms. The molecular formula is C18H30IN3O2. The summed E-state index contributed by atoms with van der Waals surface area (Å²) in [6.07, 6.45) is 3.63. The minimum Gasteiger partial charge on any atom is -0.381 e. The van der Waals surface area contributed by atoms with Crippen molar-refractivity contribution in [3.63, 3.8) is 0 Å². The molecule has 1 fully saturated rings. The van der Waals surface area contributed by atoms with Crippen molar-refractivity contribution in [3.05, 3.63) is 29.3 Å². The molecule has 1 aromatic rings. The number of nitrogens with one attached hydrogen (secondary N) is 1. The molecule has 0 spiro atoms. The summed E-state index contributed by atoms with van der Waals surface area (Å²) in [7, 11) is 1.74. The van der Waals surface area contributed by atoms with Crippen molar-refractivity contribution >= 4 is 35.6 Å². The Morgan fingerprint density at radius 3 is 2.33 bits per heavy atom. The predicted molar refractivity (Wildman–Crippen MR) is 111 cm³/mol. The first-order chi connectivity index (χ1) is 11.1. The summed E-state index contributed by atoms with van der Waals surface area (Å²) in [6, 6.07) is 6.35. The second kappa shape index (κ2) is 10.2. The van der Waals surface area contributed by atoms with Gasteiger partial charge < -0.3 is 20.5 Å². The van der Waals surface area contributed by atoms with Crippen LogP contribution in [0, 0.1) is 0 Å². The van der Waals surface area contributed by atoms with Gasteiger partial charge in [-0.1, -0.05) is 32.0 Å². The number of benzene rings is 1. The number of para-hydroxylation sites is 1. The summed E-state index contributed by atoms with van der Waals surface area (Å²) in [5.41, 5.74) is 9.50. The molecule has 0 saturated carbocycles. The summed E-state index contributed by atoms with van der Waals surface area (Å²) in [5, 5.41) is 3.30. The largest absolute Gasteiger partial charge is 0.381 e. The number of guanidine groups is 1. The maximum atomic E-state index is 6.14. The van der Waals surface area contributed by atoms with E-state index in [0.29, 0.717) is 12.5 Å². The van der Waals surface area contributed by atoms with Gasteiger partial charge in [-0.15, -0.1) is 24.0 Å². The number of anilines is 1. The molecule has 0 aromatic heterocycles. The normalized spacial score (nSPS) is 17.2. The zero-order valence-electron chi connectivity index (χ0n) is 14.9. The molecular weight excluding hydrogens is 417 g/mol. The van der Waals surface area contributed by atoms with Crippen LogP contribution in [-0.4, -0.2) is 38.4 Å². The van der Waals surface area contributed by atoms with Gasteiger partial charge in [0.1, 0.15) is 0 Å². The number of aliphatic imine (C=N–C) groups is 1. The highest BCUT2D eigenvalue weighted by molar-refractivity contribution is 14.0. The van der Waals surface area contributed by atoms with E-state index in [1.165, 1.54) is 11.1 Å². The van der Waals surface area contributed by atoms with Crippen LogP contribution in [0.15, 0.2) is 23.2 Å². The summed E-state index contributed by atoms with van der Waals surface area (Å²) in [6.45, 7) is 6.29. The zero-order chi connectivity index (χ0) is 16.7. The van der Waals surface area contributed by atoms with Gasteiger partial charge in [0, 0.05) is 38.9 Å². The van der Waals surface area contributed by atoms with E-state index < -0.39 is 0 Å². The molecule has 1 heterocycles. The first kappa shape index (κ1) is 21.2. The van der Waals surface area contributed by atoms with Crippen LogP contribution in [0.3, 0.4) is 0 Å². The molecule has 1 aliphatic heterocycles. The van der Waals surface area contributed by atoms with Crippen molar-refractivity contribution in [3.8, 4) is 0 Å². The zero-order valence-corrected chi connectivity index (χ0v) is 17.3. The number of nitrogens with two attached hydrogens (primary N) is 1. The lowest BCUT2D eigenvalue weighted by Gasteiger charge is -2.34. The van der Waals surface area contributed by atoms with Crippen molar-refractivity contribution in [1.82, 2.24) is 0 Å². The fraction of sp³-hybridized carbons (Fsp3) is 0.611. The van der Waals surface area contributed by atoms with Crippen LogP contribution in [0.2, 0.25) is 0 Å². The molecule has 1 aromatic carbocycles. The Balaban J connectivity index is 0.00000288. The standard InChI is InChI=1S/C18H29N3O2.HI/c1-4-14-7-6-8-15(5-2)16(14)21-17(19)20-13-18(22-3)9-11-23-12-10-18;/h6-8H,4-5,9-13H2,1-3H3,(H3,19,20,21);1H. The topological polar surface area (TPSA) is 68.9 Å². The van der Waals surface area contributed by atoms with Gasteiger partial charge in [-0.25, -0.2) is 0 Å². The molecule has 0 aliphatic carbocycles. The van der Waals surface area contributed by atoms with Crippen LogP contribution >= 0.6 is 24.0 Å². The molecule has 0 atom stereocenters. The fourth-order valence-electron chi connectivity index (χ4n) is 2.97. The maximum absolute atomic E-state index is 6.14. The Kier molecular flexibility index (Phi) is 9.01. The lowest BCUT2D eigenvalue weighted by molar-refractivity contribution is -0.0828. The molecule has 136 valence electrons. The molecule has 0 amide bonds. The Labute approximate surface area is 162 Å². The Morgan fingerprint density at radius 1 is 1.25 bits per heavy atom. The van der Waals surface area contributed by atoms with Gasteiger partial charge in [0.25, 0.3) is 0 Å². The number of hydrogen-bond acceptors (Lipinski definition) is 3. The minimum atomic E-state index is -0.248. The van der Waals surface area contributed by atoms with Crippen molar-refractivity contribution in [2.45, 2.75) is 45.1 Å². The summed E-state index contributed by atoms with van der Waals surface area (Å²) in [5.74, 6) is 0.448. The van der Waals surface area contributed by atoms with Gasteiger partial charge >= 0.3 is 0 Å². The Morgan fingerprint density at radius 2 is 1.83 bits per heavy atom. The third-order valence-corrected chi connectivity index (χ3v) is 4.63. The molecule has 5 nitrogen and oxygen atoms in total. The molecule has 2 rings (SSSR count). The second-order valence-corrected chi connectivity index (χ2v) is 5.98. The van der Waals surface area contributed by atoms with Gasteiger partial charge in [-0.2, -0.15) is 0 Å². The third-order valence-electron chi connectivity index (χ3n) is 4.63. The van der Waals surface area contributed by atoms with Crippen molar-refractivity contribution in [2.24, 2.45) is 10.7 Å². The Hall–Kier alpha value is -0.860. The van der Waals surface area contributed by atoms with E-state index in [1.54, 1.807) is 7.11 Å². The SMILES string of the molecule is CCc1cccc(CC)c1NC(N)=NCC1(OC)CCOCC1.I. The van der Waals surface area contributed by atoms with E-state index in [0.717, 1.165) is 44.6 Å². The quantitative estimate of drug-likeness (QED) is 0.399. The monoisotopic (exact) mass is 447 g/mol. The van der Waals surface area contributed by atoms with Crippen LogP contribution in [0.1, 0.15) is 37.8 Å². The van der Waals surface area contributed by atoms with E-state index in [9.17, 15) is 0 Å². The minimum absolute atomic E-state index is 0. The maximum Gasteiger partial charge on any atom is 0.193 e. The van der Waals surface area contributed by atoms with Crippen LogP contribution in [0.4, 0.5) is 5.69 Å². The molecule has 0 unspecified atom stereocenters. The molecule has 1 aliphatic rings. The smallest absolute Gasteiger partial charge is 0.193 e. The van der Waals surface area contributed by atoms with E-state index in [-0.39, 0.29) is 29.6 Å². The lowest BCUT2D eigenvalue weighted by atomic mass is 9.94. The average Bonchev–Trinajstić information content (AvgIpc) is 2.61. The van der Waals surface area contributed by atoms with Crippen LogP contribution in [0.5, 0.6) is 0 Å². The highest BCUT2D eigenvalue weighted by Crippen LogP contribution is 2.25. The van der Waals surface area contributed by atoms with Crippen LogP contribution in [-0.2, 0) is 22.3 Å². The second-order valence-electron chi connectivity index (χ2n) is 5.98. The van der Waals surface area contributed by atoms with Gasteiger partial charge in [0.15, 0.2) is 5.96 Å². The third kappa shape index (κ3) is 5.32. The summed E-state index contributed by atoms with van der Waals surface area (Å²) < 4.78 is 11.1. The van der Waals surface area contributed by atoms with Crippen molar-refractivity contribution in [1.29, 1.82) is 0 Å². The number of ether oxygens (including phenoxy) is 2. The van der Waals surface area contributed by atoms with Gasteiger partial charge in [0.2, 0.25) is 0 Å². The van der Waals surface area contributed by atoms with E-state index in [1.807, 2.05) is 0 Å². The van der Waals surface area contributed by atoms with E-state index in [2.05, 4.69) is 42.4 Å². The predicted octanol–water partition coefficient (Wildman–Crippen LogP) is 3.35. The molecule has 3 N–H and O–H groups in total. The molecule has 0 radical (unpaired) electrons. The summed E-state index contributed by atoms with van der Waals surface area (Å²) in [4.78, 5) is 4.54. The van der Waals surface area contributed by atoms with Crippen molar-refractivity contribution in [2.75, 3.05) is 32.2 Å². The Bertz CT molecular complexity index is 521. The first-order valence-electron chi connectivity index (χ1n) is 8.44. The van der Waals surface area contributed by atoms with E-state index >= 15 is 0 Å². The number of aryl methyl sites for hydroxylation is 2. The lowest BCUT2D eigenvalue weighted by Crippen LogP contribution is -2.42. The van der Waals surface area contributed by atoms with Gasteiger partial charge in [-0.3, -0.25) is 4.99 Å². The van der Waals surface area contributed by atoms with Crippen LogP contribution in [0.25, 0.3) is 0 Å². The van der Waals surface area contributed by atoms with Gasteiger partial charge in [-0.05, 0) is 24.0 Å². The van der Waals surface area contributed by atoms with E-state index in [4.69, 9.17) is 15.2 Å². The number of halogens is 1. The highest BCUT2D eigenvalue weighted by Gasteiger charge is 2.32. The highest BCUT2D eigenvalue weighted by atomic mass is 127. The van der Waals surface area contributed by atoms with Crippen molar-refractivity contribution < 1.29 is 9.47 Å². The number of nitrogens with zero attached hydrogens (tertiary/aromatic N) is 1.